The summed E-state index contributed by atoms with van der Waals surface area (Å²) in [5.41, 5.74) is 0.487. The molecule has 0 aliphatic carbocycles. The van der Waals surface area contributed by atoms with Gasteiger partial charge in [-0.3, -0.25) is 19.2 Å². The molecule has 0 saturated carbocycles. The highest BCUT2D eigenvalue weighted by atomic mass is 16.7. The lowest BCUT2D eigenvalue weighted by atomic mass is 9.91. The second kappa shape index (κ2) is 15.7. The number of carbonyl (C=O) groups excluding carboxylic acids is 5. The number of carbonyl (C=O) groups is 5. The summed E-state index contributed by atoms with van der Waals surface area (Å²) in [5.74, 6) is -5.61. The summed E-state index contributed by atoms with van der Waals surface area (Å²) >= 11 is 0. The Morgan fingerprint density at radius 3 is 2.32 bits per heavy atom. The number of cyclic esters (lactones) is 2. The van der Waals surface area contributed by atoms with Crippen LogP contribution in [0.1, 0.15) is 50.7 Å². The maximum Gasteiger partial charge on any atom is 0.332 e. The maximum absolute atomic E-state index is 13.4. The predicted octanol–water partition coefficient (Wildman–Crippen LogP) is 2.64. The number of aromatic nitrogens is 1. The molecule has 4 atom stereocenters. The Labute approximate surface area is 255 Å². The van der Waals surface area contributed by atoms with Crippen molar-refractivity contribution in [2.45, 2.75) is 59.3 Å². The van der Waals surface area contributed by atoms with Crippen LogP contribution in [0.4, 0.5) is 0 Å². The van der Waals surface area contributed by atoms with Crippen molar-refractivity contribution in [1.82, 2.24) is 10.3 Å². The van der Waals surface area contributed by atoms with Crippen molar-refractivity contribution in [3.05, 3.63) is 53.9 Å². The Balaban J connectivity index is 1.85. The summed E-state index contributed by atoms with van der Waals surface area (Å²) in [6.45, 7) is 6.98. The van der Waals surface area contributed by atoms with E-state index in [1.54, 1.807) is 39.8 Å². The van der Waals surface area contributed by atoms with Gasteiger partial charge >= 0.3 is 23.9 Å². The van der Waals surface area contributed by atoms with Crippen molar-refractivity contribution in [2.24, 2.45) is 17.8 Å². The van der Waals surface area contributed by atoms with E-state index in [9.17, 15) is 24.0 Å². The number of benzene rings is 1. The van der Waals surface area contributed by atoms with Gasteiger partial charge in [0.2, 0.25) is 6.79 Å². The van der Waals surface area contributed by atoms with Crippen LogP contribution in [0, 0.1) is 17.8 Å². The molecule has 0 bridgehead atoms. The molecule has 2 aromatic rings. The minimum Gasteiger partial charge on any atom is -0.493 e. The van der Waals surface area contributed by atoms with Crippen molar-refractivity contribution < 1.29 is 52.4 Å². The predicted molar refractivity (Wildman–Crippen MR) is 153 cm³/mol. The van der Waals surface area contributed by atoms with E-state index in [1.165, 1.54) is 26.3 Å². The summed E-state index contributed by atoms with van der Waals surface area (Å²) in [4.78, 5) is 68.5. The molecule has 44 heavy (non-hydrogen) atoms. The van der Waals surface area contributed by atoms with Gasteiger partial charge in [0.05, 0.1) is 18.9 Å². The normalized spacial score (nSPS) is 20.4. The third kappa shape index (κ3) is 8.91. The Kier molecular flexibility index (Phi) is 12.1. The van der Waals surface area contributed by atoms with E-state index in [1.807, 2.05) is 18.2 Å². The summed E-state index contributed by atoms with van der Waals surface area (Å²) in [5, 5.41) is 2.46. The minimum absolute atomic E-state index is 0.112. The average Bonchev–Trinajstić information content (AvgIpc) is 3.03. The van der Waals surface area contributed by atoms with E-state index in [0.29, 0.717) is 0 Å². The molecule has 1 aliphatic rings. The molecule has 0 radical (unpaired) electrons. The van der Waals surface area contributed by atoms with Gasteiger partial charge in [0.15, 0.2) is 29.3 Å². The van der Waals surface area contributed by atoms with Crippen LogP contribution in [-0.4, -0.2) is 73.5 Å². The molecule has 1 amide bonds. The summed E-state index contributed by atoms with van der Waals surface area (Å²) in [6.07, 6.45) is -0.811. The first-order valence-corrected chi connectivity index (χ1v) is 14.2. The number of rotatable bonds is 11. The monoisotopic (exact) mass is 614 g/mol. The van der Waals surface area contributed by atoms with Gasteiger partial charge in [-0.15, -0.1) is 0 Å². The highest BCUT2D eigenvalue weighted by Gasteiger charge is 2.42. The molecule has 0 spiro atoms. The third-order valence-corrected chi connectivity index (χ3v) is 6.65. The van der Waals surface area contributed by atoms with Crippen LogP contribution in [0.25, 0.3) is 0 Å². The zero-order chi connectivity index (χ0) is 32.4. The zero-order valence-electron chi connectivity index (χ0n) is 25.6. The second-order valence-corrected chi connectivity index (χ2v) is 10.7. The zero-order valence-corrected chi connectivity index (χ0v) is 25.6. The summed E-state index contributed by atoms with van der Waals surface area (Å²) in [6, 6.07) is 9.03. The lowest BCUT2D eigenvalue weighted by Gasteiger charge is -2.29. The van der Waals surface area contributed by atoms with Crippen LogP contribution in [0.3, 0.4) is 0 Å². The van der Waals surface area contributed by atoms with E-state index < -0.39 is 79.2 Å². The number of esters is 4. The molecular formula is C31H38N2O11. The number of pyridine rings is 1. The van der Waals surface area contributed by atoms with E-state index in [4.69, 9.17) is 28.4 Å². The maximum atomic E-state index is 13.4. The fourth-order valence-electron chi connectivity index (χ4n) is 4.18. The molecule has 1 fully saturated rings. The number of amides is 1. The number of methoxy groups -OCH3 is 1. The van der Waals surface area contributed by atoms with Gasteiger partial charge in [0.1, 0.15) is 18.6 Å². The standard InChI is InChI=1S/C31H38N2O11/c1-17(2)28(35)42-16-41-26-23(39-6)12-13-32-24(26)27(34)33-22-15-40-30(37)21(14-20-10-8-7-9-11-20)25(19(5)43-31(22)38)44-29(36)18(3)4/h7-13,17-19,21-22,25H,14-16H2,1-6H3,(H,33,34)/t19-,21+,22?,25?/m0/s1. The van der Waals surface area contributed by atoms with E-state index in [0.717, 1.165) is 5.56 Å². The number of nitrogens with one attached hydrogen (secondary N) is 1. The second-order valence-electron chi connectivity index (χ2n) is 10.7. The average molecular weight is 615 g/mol. The number of hydrogen-bond donors (Lipinski definition) is 1. The minimum atomic E-state index is -1.45. The SMILES string of the molecule is COc1ccnc(C(=O)NC2COC(=O)[C@H](Cc3ccccc3)C(OC(=O)C(C)C)[C@H](C)OC2=O)c1OCOC(=O)C(C)C. The Morgan fingerprint density at radius 1 is 1.00 bits per heavy atom. The fraction of sp³-hybridized carbons (Fsp3) is 0.484. The first-order valence-electron chi connectivity index (χ1n) is 14.2. The quantitative estimate of drug-likeness (QED) is 0.224. The summed E-state index contributed by atoms with van der Waals surface area (Å²) < 4.78 is 32.6. The number of nitrogens with zero attached hydrogens (tertiary/aromatic N) is 1. The van der Waals surface area contributed by atoms with E-state index in [-0.39, 0.29) is 23.6 Å². The van der Waals surface area contributed by atoms with Gasteiger partial charge in [0.25, 0.3) is 5.91 Å². The molecular weight excluding hydrogens is 576 g/mol. The van der Waals surface area contributed by atoms with E-state index >= 15 is 0 Å². The molecule has 13 nitrogen and oxygen atoms in total. The van der Waals surface area contributed by atoms with Crippen LogP contribution in [0.5, 0.6) is 11.5 Å². The molecule has 1 saturated heterocycles. The van der Waals surface area contributed by atoms with Gasteiger partial charge in [-0.1, -0.05) is 58.0 Å². The van der Waals surface area contributed by atoms with Crippen molar-refractivity contribution >= 4 is 29.8 Å². The van der Waals surface area contributed by atoms with Crippen LogP contribution in [0.15, 0.2) is 42.6 Å². The van der Waals surface area contributed by atoms with Crippen LogP contribution >= 0.6 is 0 Å². The molecule has 1 aromatic carbocycles. The van der Waals surface area contributed by atoms with Crippen molar-refractivity contribution in [2.75, 3.05) is 20.5 Å². The smallest absolute Gasteiger partial charge is 0.332 e. The van der Waals surface area contributed by atoms with E-state index in [2.05, 4.69) is 10.3 Å². The van der Waals surface area contributed by atoms with Crippen molar-refractivity contribution in [3.63, 3.8) is 0 Å². The van der Waals surface area contributed by atoms with Crippen molar-refractivity contribution in [3.8, 4) is 11.5 Å². The van der Waals surface area contributed by atoms with Gasteiger partial charge < -0.3 is 33.7 Å². The first-order chi connectivity index (χ1) is 20.9. The topological polar surface area (TPSA) is 166 Å². The molecule has 3 rings (SSSR count). The Bertz CT molecular complexity index is 1330. The van der Waals surface area contributed by atoms with Crippen LogP contribution < -0.4 is 14.8 Å². The first kappa shape index (κ1) is 33.8. The van der Waals surface area contributed by atoms with Crippen molar-refractivity contribution in [1.29, 1.82) is 0 Å². The van der Waals surface area contributed by atoms with Gasteiger partial charge in [-0.25, -0.2) is 9.78 Å². The number of hydrogen-bond acceptors (Lipinski definition) is 12. The highest BCUT2D eigenvalue weighted by molar-refractivity contribution is 5.98. The molecule has 1 aliphatic heterocycles. The van der Waals surface area contributed by atoms with Crippen LogP contribution in [-0.2, 0) is 44.5 Å². The fourth-order valence-corrected chi connectivity index (χ4v) is 4.18. The molecule has 1 N–H and O–H groups in total. The van der Waals surface area contributed by atoms with Gasteiger partial charge in [-0.2, -0.15) is 0 Å². The molecule has 238 valence electrons. The van der Waals surface area contributed by atoms with Crippen LogP contribution in [0.2, 0.25) is 0 Å². The Morgan fingerprint density at radius 2 is 1.68 bits per heavy atom. The van der Waals surface area contributed by atoms with Gasteiger partial charge in [0, 0.05) is 12.3 Å². The van der Waals surface area contributed by atoms with Gasteiger partial charge in [-0.05, 0) is 18.9 Å². The Hall–Kier alpha value is -4.68. The summed E-state index contributed by atoms with van der Waals surface area (Å²) in [7, 11) is 1.34. The largest absolute Gasteiger partial charge is 0.493 e. The highest BCUT2D eigenvalue weighted by Crippen LogP contribution is 2.30. The molecule has 1 aromatic heterocycles. The molecule has 13 heteroatoms. The lowest BCUT2D eigenvalue weighted by molar-refractivity contribution is -0.176. The number of ether oxygens (including phenoxy) is 6. The molecule has 2 heterocycles. The molecule has 2 unspecified atom stereocenters. The lowest BCUT2D eigenvalue weighted by Crippen LogP contribution is -2.47. The third-order valence-electron chi connectivity index (χ3n) is 6.65.